The molecule has 0 radical (unpaired) electrons. The molecule has 1 aliphatic carbocycles. The molecule has 5 heteroatoms. The van der Waals surface area contributed by atoms with Crippen LogP contribution in [0.2, 0.25) is 0 Å². The Labute approximate surface area is 171 Å². The first-order chi connectivity index (χ1) is 14.2. The first kappa shape index (κ1) is 18.3. The summed E-state index contributed by atoms with van der Waals surface area (Å²) in [6.07, 6.45) is 8.00. The van der Waals surface area contributed by atoms with Crippen LogP contribution < -0.4 is 0 Å². The van der Waals surface area contributed by atoms with E-state index >= 15 is 0 Å². The highest BCUT2D eigenvalue weighted by molar-refractivity contribution is 5.94. The van der Waals surface area contributed by atoms with E-state index in [0.29, 0.717) is 17.5 Å². The smallest absolute Gasteiger partial charge is 0.272 e. The van der Waals surface area contributed by atoms with Gasteiger partial charge in [0.2, 0.25) is 0 Å². The second-order valence-electron chi connectivity index (χ2n) is 8.62. The quantitative estimate of drug-likeness (QED) is 0.658. The fourth-order valence-corrected chi connectivity index (χ4v) is 4.63. The summed E-state index contributed by atoms with van der Waals surface area (Å²) < 4.78 is 2.44. The van der Waals surface area contributed by atoms with Gasteiger partial charge in [0, 0.05) is 42.8 Å². The Balaban J connectivity index is 1.23. The van der Waals surface area contributed by atoms with Crippen LogP contribution in [0.25, 0.3) is 10.9 Å². The van der Waals surface area contributed by atoms with Crippen LogP contribution >= 0.6 is 0 Å². The van der Waals surface area contributed by atoms with Crippen LogP contribution in [-0.4, -0.2) is 38.4 Å². The van der Waals surface area contributed by atoms with Gasteiger partial charge < -0.3 is 9.47 Å². The average molecular weight is 389 g/mol. The molecule has 0 N–H and O–H groups in total. The number of carbonyl (C=O) groups excluding carboxylic acids is 1. The minimum Gasteiger partial charge on any atom is -0.337 e. The van der Waals surface area contributed by atoms with Crippen molar-refractivity contribution in [1.29, 1.82) is 0 Å². The SMILES string of the molecule is Cc1cnc(C2CCC2)n1CC1CCN(C(=O)c2ccc3ccccc3n2)CC1. The van der Waals surface area contributed by atoms with Crippen LogP contribution in [0.4, 0.5) is 0 Å². The molecule has 3 heterocycles. The summed E-state index contributed by atoms with van der Waals surface area (Å²) in [5, 5.41) is 1.07. The fraction of sp³-hybridized carbons (Fsp3) is 0.458. The summed E-state index contributed by atoms with van der Waals surface area (Å²) in [6.45, 7) is 4.82. The maximum atomic E-state index is 13.0. The average Bonchev–Trinajstić information content (AvgIpc) is 3.06. The minimum absolute atomic E-state index is 0.0585. The van der Waals surface area contributed by atoms with Crippen LogP contribution in [0.1, 0.15) is 60.0 Å². The Bertz CT molecular complexity index is 1030. The maximum Gasteiger partial charge on any atom is 0.272 e. The lowest BCUT2D eigenvalue weighted by Gasteiger charge is -2.33. The largest absolute Gasteiger partial charge is 0.337 e. The molecule has 0 bridgehead atoms. The van der Waals surface area contributed by atoms with Crippen molar-refractivity contribution in [1.82, 2.24) is 19.4 Å². The Kier molecular flexibility index (Phi) is 4.82. The summed E-state index contributed by atoms with van der Waals surface area (Å²) in [5.74, 6) is 2.61. The predicted molar refractivity (Wildman–Crippen MR) is 114 cm³/mol. The van der Waals surface area contributed by atoms with Crippen molar-refractivity contribution < 1.29 is 4.79 Å². The van der Waals surface area contributed by atoms with Gasteiger partial charge in [-0.2, -0.15) is 0 Å². The van der Waals surface area contributed by atoms with Crippen LogP contribution in [0.5, 0.6) is 0 Å². The third kappa shape index (κ3) is 3.54. The number of benzene rings is 1. The molecule has 5 nitrogen and oxygen atoms in total. The van der Waals surface area contributed by atoms with Crippen molar-refractivity contribution in [2.45, 2.75) is 51.5 Å². The Morgan fingerprint density at radius 3 is 2.62 bits per heavy atom. The summed E-state index contributed by atoms with van der Waals surface area (Å²) in [6, 6.07) is 11.8. The molecule has 2 aliphatic rings. The van der Waals surface area contributed by atoms with E-state index in [1.807, 2.05) is 47.5 Å². The van der Waals surface area contributed by atoms with Crippen molar-refractivity contribution >= 4 is 16.8 Å². The standard InChI is InChI=1S/C24H28N4O/c1-17-15-25-23(20-6-4-7-20)28(17)16-18-11-13-27(14-12-18)24(29)22-10-9-19-5-2-3-8-21(19)26-22/h2-3,5,8-10,15,18,20H,4,6-7,11-14,16H2,1H3. The third-order valence-corrected chi connectivity index (χ3v) is 6.72. The molecule has 1 aromatic carbocycles. The monoisotopic (exact) mass is 388 g/mol. The van der Waals surface area contributed by atoms with Crippen molar-refractivity contribution in [3.05, 3.63) is 59.8 Å². The first-order valence-electron chi connectivity index (χ1n) is 10.9. The Morgan fingerprint density at radius 1 is 1.07 bits per heavy atom. The third-order valence-electron chi connectivity index (χ3n) is 6.72. The van der Waals surface area contributed by atoms with Gasteiger partial charge in [-0.25, -0.2) is 9.97 Å². The van der Waals surface area contributed by atoms with Gasteiger partial charge in [0.15, 0.2) is 0 Å². The molecule has 0 atom stereocenters. The number of piperidine rings is 1. The molecule has 0 unspecified atom stereocenters. The molecule has 5 rings (SSSR count). The molecule has 0 spiro atoms. The normalized spacial score (nSPS) is 18.2. The number of pyridine rings is 1. The lowest BCUT2D eigenvalue weighted by Crippen LogP contribution is -2.39. The summed E-state index contributed by atoms with van der Waals surface area (Å²) in [4.78, 5) is 24.2. The van der Waals surface area contributed by atoms with Gasteiger partial charge in [-0.05, 0) is 50.7 Å². The van der Waals surface area contributed by atoms with E-state index in [1.165, 1.54) is 30.8 Å². The second kappa shape index (κ2) is 7.62. The van der Waals surface area contributed by atoms with Crippen LogP contribution in [-0.2, 0) is 6.54 Å². The number of likely N-dealkylation sites (tertiary alicyclic amines) is 1. The molecule has 1 amide bonds. The van der Waals surface area contributed by atoms with Crippen LogP contribution in [0.3, 0.4) is 0 Å². The van der Waals surface area contributed by atoms with Gasteiger partial charge in [0.1, 0.15) is 11.5 Å². The number of rotatable bonds is 4. The van der Waals surface area contributed by atoms with Crippen molar-refractivity contribution in [3.8, 4) is 0 Å². The first-order valence-corrected chi connectivity index (χ1v) is 10.9. The summed E-state index contributed by atoms with van der Waals surface area (Å²) in [5.41, 5.74) is 2.71. The number of aromatic nitrogens is 3. The summed E-state index contributed by atoms with van der Waals surface area (Å²) >= 11 is 0. The number of hydrogen-bond donors (Lipinski definition) is 0. The Morgan fingerprint density at radius 2 is 1.86 bits per heavy atom. The van der Waals surface area contributed by atoms with Crippen LogP contribution in [0.15, 0.2) is 42.6 Å². The van der Waals surface area contributed by atoms with E-state index in [0.717, 1.165) is 43.4 Å². The fourth-order valence-electron chi connectivity index (χ4n) is 4.63. The van der Waals surface area contributed by atoms with E-state index in [2.05, 4.69) is 16.5 Å². The van der Waals surface area contributed by atoms with Gasteiger partial charge in [-0.3, -0.25) is 4.79 Å². The molecule has 1 saturated heterocycles. The zero-order valence-electron chi connectivity index (χ0n) is 17.1. The van der Waals surface area contributed by atoms with Crippen LogP contribution in [0, 0.1) is 12.8 Å². The minimum atomic E-state index is 0.0585. The van der Waals surface area contributed by atoms with Crippen molar-refractivity contribution in [2.75, 3.05) is 13.1 Å². The number of imidazole rings is 1. The highest BCUT2D eigenvalue weighted by atomic mass is 16.2. The lowest BCUT2D eigenvalue weighted by molar-refractivity contribution is 0.0676. The number of hydrogen-bond acceptors (Lipinski definition) is 3. The number of nitrogens with zero attached hydrogens (tertiary/aromatic N) is 4. The highest BCUT2D eigenvalue weighted by Crippen LogP contribution is 2.36. The molecule has 150 valence electrons. The molecule has 1 saturated carbocycles. The van der Waals surface area contributed by atoms with E-state index in [4.69, 9.17) is 4.98 Å². The van der Waals surface area contributed by atoms with E-state index in [1.54, 1.807) is 0 Å². The van der Waals surface area contributed by atoms with E-state index in [-0.39, 0.29) is 5.91 Å². The number of carbonyl (C=O) groups is 1. The van der Waals surface area contributed by atoms with Crippen molar-refractivity contribution in [3.63, 3.8) is 0 Å². The number of fused-ring (bicyclic) bond motifs is 1. The molecule has 29 heavy (non-hydrogen) atoms. The molecule has 2 fully saturated rings. The van der Waals surface area contributed by atoms with E-state index in [9.17, 15) is 4.79 Å². The number of amides is 1. The second-order valence-corrected chi connectivity index (χ2v) is 8.62. The van der Waals surface area contributed by atoms with Gasteiger partial charge in [0.25, 0.3) is 5.91 Å². The highest BCUT2D eigenvalue weighted by Gasteiger charge is 2.28. The topological polar surface area (TPSA) is 51.0 Å². The van der Waals surface area contributed by atoms with Crippen molar-refractivity contribution in [2.24, 2.45) is 5.92 Å². The van der Waals surface area contributed by atoms with Gasteiger partial charge in [0.05, 0.1) is 5.52 Å². The zero-order chi connectivity index (χ0) is 19.8. The number of para-hydroxylation sites is 1. The van der Waals surface area contributed by atoms with Gasteiger partial charge >= 0.3 is 0 Å². The molecule has 3 aromatic rings. The molecule has 2 aromatic heterocycles. The zero-order valence-corrected chi connectivity index (χ0v) is 17.1. The lowest BCUT2D eigenvalue weighted by atomic mass is 9.84. The van der Waals surface area contributed by atoms with E-state index < -0.39 is 0 Å². The number of aryl methyl sites for hydroxylation is 1. The predicted octanol–water partition coefficient (Wildman–Crippen LogP) is 4.56. The molecular formula is C24H28N4O. The maximum absolute atomic E-state index is 13.0. The molecular weight excluding hydrogens is 360 g/mol. The van der Waals surface area contributed by atoms with Gasteiger partial charge in [-0.15, -0.1) is 0 Å². The molecule has 1 aliphatic heterocycles. The Hall–Kier alpha value is -2.69. The van der Waals surface area contributed by atoms with Gasteiger partial charge in [-0.1, -0.05) is 30.7 Å². The summed E-state index contributed by atoms with van der Waals surface area (Å²) in [7, 11) is 0.